The van der Waals surface area contributed by atoms with Crippen molar-refractivity contribution >= 4 is 32.4 Å². The van der Waals surface area contributed by atoms with Gasteiger partial charge in [0.15, 0.2) is 0 Å². The fourth-order valence-corrected chi connectivity index (χ4v) is 7.56. The summed E-state index contributed by atoms with van der Waals surface area (Å²) in [6.07, 6.45) is 0. The molecule has 252 valence electrons. The van der Waals surface area contributed by atoms with E-state index in [1.165, 1.54) is 32.7 Å². The topological polar surface area (TPSA) is 25.8 Å². The second kappa shape index (κ2) is 13.4. The van der Waals surface area contributed by atoms with Crippen LogP contribution >= 0.6 is 0 Å². The molecular formula is C52H34N2. The zero-order valence-electron chi connectivity index (χ0n) is 29.5. The van der Waals surface area contributed by atoms with Crippen molar-refractivity contribution in [1.29, 1.82) is 0 Å². The molecule has 0 aliphatic rings. The van der Waals surface area contributed by atoms with E-state index in [0.29, 0.717) is 0 Å². The number of pyridine rings is 2. The van der Waals surface area contributed by atoms with Crippen LogP contribution in [0.3, 0.4) is 0 Å². The van der Waals surface area contributed by atoms with Crippen LogP contribution in [-0.2, 0) is 0 Å². The van der Waals surface area contributed by atoms with Gasteiger partial charge in [0, 0.05) is 22.1 Å². The molecule has 2 aromatic heterocycles. The van der Waals surface area contributed by atoms with Gasteiger partial charge < -0.3 is 0 Å². The monoisotopic (exact) mass is 686 g/mol. The molecule has 2 heterocycles. The molecule has 0 fully saturated rings. The fourth-order valence-electron chi connectivity index (χ4n) is 7.56. The van der Waals surface area contributed by atoms with Crippen LogP contribution in [0.5, 0.6) is 0 Å². The van der Waals surface area contributed by atoms with Crippen molar-refractivity contribution in [3.63, 3.8) is 0 Å². The maximum absolute atomic E-state index is 5.26. The Labute approximate surface area is 314 Å². The number of rotatable bonds is 6. The average Bonchev–Trinajstić information content (AvgIpc) is 3.26. The van der Waals surface area contributed by atoms with E-state index < -0.39 is 0 Å². The second-order valence-corrected chi connectivity index (χ2v) is 13.8. The molecular weight excluding hydrogens is 653 g/mol. The van der Waals surface area contributed by atoms with E-state index in [2.05, 4.69) is 194 Å². The van der Waals surface area contributed by atoms with E-state index >= 15 is 0 Å². The third kappa shape index (κ3) is 6.00. The molecule has 0 radical (unpaired) electrons. The molecule has 0 unspecified atom stereocenters. The number of hydrogen-bond acceptors (Lipinski definition) is 2. The summed E-state index contributed by atoms with van der Waals surface area (Å²) in [6, 6.07) is 73.5. The van der Waals surface area contributed by atoms with Gasteiger partial charge in [-0.3, -0.25) is 0 Å². The smallest absolute Gasteiger partial charge is 0.0716 e. The molecule has 8 aromatic carbocycles. The summed E-state index contributed by atoms with van der Waals surface area (Å²) in [5.74, 6) is 0. The third-order valence-electron chi connectivity index (χ3n) is 10.4. The Morgan fingerprint density at radius 1 is 0.241 bits per heavy atom. The minimum absolute atomic E-state index is 0.956. The summed E-state index contributed by atoms with van der Waals surface area (Å²) in [4.78, 5) is 10.4. The van der Waals surface area contributed by atoms with E-state index in [0.717, 1.165) is 66.9 Å². The van der Waals surface area contributed by atoms with Gasteiger partial charge >= 0.3 is 0 Å². The highest BCUT2D eigenvalue weighted by Gasteiger charge is 2.14. The molecule has 0 aliphatic carbocycles. The Kier molecular flexibility index (Phi) is 7.85. The normalized spacial score (nSPS) is 11.3. The lowest BCUT2D eigenvalue weighted by molar-refractivity contribution is 1.32. The Morgan fingerprint density at radius 2 is 0.704 bits per heavy atom. The SMILES string of the molecule is c1ccc(-c2cc(-c3ccc(-c4cc(-c5ccc6ccccc6c5)nc5ccc(-c6ccc7ccccc7c6)cc45)cc3)cc(-c3ccccc3)n2)cc1. The number of aromatic nitrogens is 2. The van der Waals surface area contributed by atoms with Gasteiger partial charge in [0.05, 0.1) is 22.6 Å². The van der Waals surface area contributed by atoms with Crippen molar-refractivity contribution in [2.45, 2.75) is 0 Å². The van der Waals surface area contributed by atoms with Crippen LogP contribution in [0, 0.1) is 0 Å². The summed E-state index contributed by atoms with van der Waals surface area (Å²) < 4.78 is 0. The van der Waals surface area contributed by atoms with Crippen molar-refractivity contribution in [2.75, 3.05) is 0 Å². The molecule has 0 amide bonds. The van der Waals surface area contributed by atoms with Crippen LogP contribution < -0.4 is 0 Å². The second-order valence-electron chi connectivity index (χ2n) is 13.8. The van der Waals surface area contributed by atoms with Crippen LogP contribution in [0.1, 0.15) is 0 Å². The molecule has 0 N–H and O–H groups in total. The highest BCUT2D eigenvalue weighted by molar-refractivity contribution is 6.00. The van der Waals surface area contributed by atoms with E-state index in [4.69, 9.17) is 9.97 Å². The van der Waals surface area contributed by atoms with Crippen molar-refractivity contribution in [3.05, 3.63) is 206 Å². The van der Waals surface area contributed by atoms with Crippen molar-refractivity contribution in [3.8, 4) is 67.2 Å². The predicted molar refractivity (Wildman–Crippen MR) is 227 cm³/mol. The lowest BCUT2D eigenvalue weighted by Gasteiger charge is -2.14. The highest BCUT2D eigenvalue weighted by atomic mass is 14.7. The van der Waals surface area contributed by atoms with E-state index in [1.54, 1.807) is 0 Å². The average molecular weight is 687 g/mol. The number of hydrogen-bond donors (Lipinski definition) is 0. The first-order chi connectivity index (χ1) is 26.7. The zero-order chi connectivity index (χ0) is 35.8. The van der Waals surface area contributed by atoms with E-state index in [-0.39, 0.29) is 0 Å². The minimum Gasteiger partial charge on any atom is -0.248 e. The number of fused-ring (bicyclic) bond motifs is 3. The van der Waals surface area contributed by atoms with Gasteiger partial charge in [0.2, 0.25) is 0 Å². The Balaban J connectivity index is 1.11. The molecule has 10 aromatic rings. The van der Waals surface area contributed by atoms with Crippen molar-refractivity contribution in [2.24, 2.45) is 0 Å². The molecule has 54 heavy (non-hydrogen) atoms. The van der Waals surface area contributed by atoms with Crippen LogP contribution in [0.15, 0.2) is 206 Å². The van der Waals surface area contributed by atoms with Gasteiger partial charge in [-0.15, -0.1) is 0 Å². The quantitative estimate of drug-likeness (QED) is 0.174. The lowest BCUT2D eigenvalue weighted by Crippen LogP contribution is -1.92. The van der Waals surface area contributed by atoms with Crippen LogP contribution in [0.4, 0.5) is 0 Å². The molecule has 0 atom stereocenters. The minimum atomic E-state index is 0.956. The van der Waals surface area contributed by atoms with Gasteiger partial charge in [-0.1, -0.05) is 164 Å². The summed E-state index contributed by atoms with van der Waals surface area (Å²) in [6.45, 7) is 0. The third-order valence-corrected chi connectivity index (χ3v) is 10.4. The van der Waals surface area contributed by atoms with Crippen LogP contribution in [0.25, 0.3) is 99.6 Å². The summed E-state index contributed by atoms with van der Waals surface area (Å²) in [5.41, 5.74) is 14.1. The standard InChI is InChI=1S/C52H34N2/c1-3-13-39(14-4-1)50-32-46(33-51(54-50)40-15-5-2-6-16-40)37-19-23-38(24-20-37)47-34-52(45-26-22-36-12-8-10-18-42(36)30-45)53-49-28-27-44(31-48(47)49)43-25-21-35-11-7-9-17-41(35)29-43/h1-34H. The molecule has 0 saturated heterocycles. The molecule has 0 aliphatic heterocycles. The van der Waals surface area contributed by atoms with Gasteiger partial charge in [-0.25, -0.2) is 9.97 Å². The lowest BCUT2D eigenvalue weighted by atomic mass is 9.93. The van der Waals surface area contributed by atoms with Gasteiger partial charge in [-0.2, -0.15) is 0 Å². The Morgan fingerprint density at radius 3 is 1.33 bits per heavy atom. The van der Waals surface area contributed by atoms with Crippen LogP contribution in [-0.4, -0.2) is 9.97 Å². The van der Waals surface area contributed by atoms with Crippen molar-refractivity contribution in [1.82, 2.24) is 9.97 Å². The van der Waals surface area contributed by atoms with Gasteiger partial charge in [0.1, 0.15) is 0 Å². The first-order valence-electron chi connectivity index (χ1n) is 18.4. The first-order valence-corrected chi connectivity index (χ1v) is 18.4. The van der Waals surface area contributed by atoms with Crippen LogP contribution in [0.2, 0.25) is 0 Å². The maximum atomic E-state index is 5.26. The molecule has 0 saturated carbocycles. The summed E-state index contributed by atoms with van der Waals surface area (Å²) in [7, 11) is 0. The highest BCUT2D eigenvalue weighted by Crippen LogP contribution is 2.38. The molecule has 2 nitrogen and oxygen atoms in total. The number of nitrogens with zero attached hydrogens (tertiary/aromatic N) is 2. The summed E-state index contributed by atoms with van der Waals surface area (Å²) >= 11 is 0. The Hall–Kier alpha value is -7.16. The fraction of sp³-hybridized carbons (Fsp3) is 0. The predicted octanol–water partition coefficient (Wildman–Crippen LogP) is 13.9. The van der Waals surface area contributed by atoms with E-state index in [9.17, 15) is 0 Å². The zero-order valence-corrected chi connectivity index (χ0v) is 29.5. The Bertz CT molecular complexity index is 2910. The maximum Gasteiger partial charge on any atom is 0.0716 e. The summed E-state index contributed by atoms with van der Waals surface area (Å²) in [5, 5.41) is 6.03. The van der Waals surface area contributed by atoms with E-state index in [1.807, 2.05) is 12.1 Å². The molecule has 0 bridgehead atoms. The largest absolute Gasteiger partial charge is 0.248 e. The van der Waals surface area contributed by atoms with Gasteiger partial charge in [0.25, 0.3) is 0 Å². The van der Waals surface area contributed by atoms with Crippen molar-refractivity contribution < 1.29 is 0 Å². The first kappa shape index (κ1) is 31.6. The van der Waals surface area contributed by atoms with Gasteiger partial charge in [-0.05, 0) is 97.4 Å². The molecule has 0 spiro atoms. The molecule has 10 rings (SSSR count). The number of benzene rings is 8. The molecule has 2 heteroatoms.